The molecule has 1 aromatic carbocycles. The predicted octanol–water partition coefficient (Wildman–Crippen LogP) is 3.27. The quantitative estimate of drug-likeness (QED) is 0.902. The third-order valence-electron chi connectivity index (χ3n) is 3.74. The number of aromatic nitrogens is 2. The highest BCUT2D eigenvalue weighted by molar-refractivity contribution is 6.36. The van der Waals surface area contributed by atoms with Gasteiger partial charge in [-0.15, -0.1) is 0 Å². The van der Waals surface area contributed by atoms with Gasteiger partial charge in [-0.3, -0.25) is 14.8 Å². The van der Waals surface area contributed by atoms with E-state index in [1.54, 1.807) is 18.2 Å². The van der Waals surface area contributed by atoms with E-state index in [4.69, 9.17) is 23.2 Å². The molecule has 1 aromatic heterocycles. The van der Waals surface area contributed by atoms with Crippen LogP contribution in [0.1, 0.15) is 24.1 Å². The average molecular weight is 339 g/mol. The van der Waals surface area contributed by atoms with Crippen LogP contribution >= 0.6 is 23.2 Å². The van der Waals surface area contributed by atoms with Crippen molar-refractivity contribution in [3.05, 3.63) is 45.7 Å². The molecule has 1 atom stereocenters. The zero-order chi connectivity index (χ0) is 15.7. The molecule has 0 saturated carbocycles. The second-order valence-electron chi connectivity index (χ2n) is 5.55. The number of H-pyrrole nitrogens is 1. The number of anilines is 1. The Morgan fingerprint density at radius 1 is 1.50 bits per heavy atom. The number of nitrogens with one attached hydrogen (secondary N) is 2. The van der Waals surface area contributed by atoms with Crippen LogP contribution in [0.4, 0.5) is 5.69 Å². The molecule has 0 saturated heterocycles. The van der Waals surface area contributed by atoms with Crippen LogP contribution in [0.5, 0.6) is 0 Å². The third kappa shape index (κ3) is 3.27. The molecule has 1 aliphatic rings. The molecule has 0 spiro atoms. The largest absolute Gasteiger partial charge is 0.324 e. The van der Waals surface area contributed by atoms with Crippen molar-refractivity contribution in [1.29, 1.82) is 0 Å². The molecule has 1 aliphatic heterocycles. The zero-order valence-corrected chi connectivity index (χ0v) is 13.6. The van der Waals surface area contributed by atoms with E-state index in [2.05, 4.69) is 27.3 Å². The minimum Gasteiger partial charge on any atom is -0.324 e. The monoisotopic (exact) mass is 338 g/mol. The summed E-state index contributed by atoms with van der Waals surface area (Å²) in [6, 6.07) is 5.01. The minimum atomic E-state index is -0.0941. The number of aromatic amines is 1. The van der Waals surface area contributed by atoms with Crippen LogP contribution in [0.25, 0.3) is 0 Å². The molecule has 0 radical (unpaired) electrons. The summed E-state index contributed by atoms with van der Waals surface area (Å²) in [6.07, 6.45) is 1.83. The van der Waals surface area contributed by atoms with E-state index in [9.17, 15) is 4.79 Å². The molecule has 7 heteroatoms. The first-order chi connectivity index (χ1) is 10.5. The molecule has 0 fully saturated rings. The molecule has 2 N–H and O–H groups in total. The second kappa shape index (κ2) is 6.28. The van der Waals surface area contributed by atoms with Gasteiger partial charge in [0.15, 0.2) is 0 Å². The molecule has 22 heavy (non-hydrogen) atoms. The van der Waals surface area contributed by atoms with Gasteiger partial charge in [0.25, 0.3) is 0 Å². The Labute approximate surface area is 138 Å². The molecule has 1 unspecified atom stereocenters. The van der Waals surface area contributed by atoms with Crippen molar-refractivity contribution in [3.63, 3.8) is 0 Å². The summed E-state index contributed by atoms with van der Waals surface area (Å²) in [7, 11) is 0. The van der Waals surface area contributed by atoms with E-state index in [1.807, 2.05) is 6.20 Å². The molecular weight excluding hydrogens is 323 g/mol. The minimum absolute atomic E-state index is 0.0941. The van der Waals surface area contributed by atoms with Crippen LogP contribution in [-0.4, -0.2) is 34.1 Å². The fourth-order valence-electron chi connectivity index (χ4n) is 2.76. The van der Waals surface area contributed by atoms with Crippen molar-refractivity contribution in [2.45, 2.75) is 19.4 Å². The summed E-state index contributed by atoms with van der Waals surface area (Å²) in [5, 5.41) is 10.9. The number of hydrogen-bond donors (Lipinski definition) is 2. The molecular formula is C15H16Cl2N4O. The van der Waals surface area contributed by atoms with Crippen molar-refractivity contribution in [1.82, 2.24) is 15.1 Å². The first-order valence-electron chi connectivity index (χ1n) is 7.02. The third-order valence-corrected chi connectivity index (χ3v) is 4.29. The number of halogens is 2. The van der Waals surface area contributed by atoms with E-state index in [1.165, 1.54) is 0 Å². The lowest BCUT2D eigenvalue weighted by Gasteiger charge is -2.29. The lowest BCUT2D eigenvalue weighted by atomic mass is 9.98. The number of hydrogen-bond acceptors (Lipinski definition) is 3. The summed E-state index contributed by atoms with van der Waals surface area (Å²) in [5.74, 6) is 0.238. The number of benzene rings is 1. The van der Waals surface area contributed by atoms with Gasteiger partial charge in [-0.1, -0.05) is 30.1 Å². The first kappa shape index (κ1) is 15.3. The molecule has 0 bridgehead atoms. The average Bonchev–Trinajstić information content (AvgIpc) is 2.91. The van der Waals surface area contributed by atoms with Crippen LogP contribution in [0, 0.1) is 0 Å². The van der Waals surface area contributed by atoms with E-state index in [0.717, 1.165) is 24.3 Å². The van der Waals surface area contributed by atoms with Gasteiger partial charge in [0.2, 0.25) is 5.91 Å². The van der Waals surface area contributed by atoms with E-state index >= 15 is 0 Å². The maximum atomic E-state index is 12.2. The summed E-state index contributed by atoms with van der Waals surface area (Å²) < 4.78 is 0. The Morgan fingerprint density at radius 3 is 3.09 bits per heavy atom. The number of fused-ring (bicyclic) bond motifs is 1. The number of carbonyl (C=O) groups excluding carboxylic acids is 1. The van der Waals surface area contributed by atoms with Gasteiger partial charge in [0.1, 0.15) is 0 Å². The van der Waals surface area contributed by atoms with Crippen molar-refractivity contribution in [2.24, 2.45) is 0 Å². The highest BCUT2D eigenvalue weighted by atomic mass is 35.5. The Balaban J connectivity index is 1.63. The maximum absolute atomic E-state index is 12.2. The lowest BCUT2D eigenvalue weighted by Crippen LogP contribution is -2.38. The maximum Gasteiger partial charge on any atom is 0.238 e. The Kier molecular flexibility index (Phi) is 4.38. The van der Waals surface area contributed by atoms with Crippen LogP contribution in [0.15, 0.2) is 24.4 Å². The number of rotatable bonds is 3. The second-order valence-corrected chi connectivity index (χ2v) is 6.40. The zero-order valence-electron chi connectivity index (χ0n) is 12.1. The van der Waals surface area contributed by atoms with Gasteiger partial charge in [-0.2, -0.15) is 5.10 Å². The van der Waals surface area contributed by atoms with Gasteiger partial charge in [-0.25, -0.2) is 0 Å². The highest BCUT2D eigenvalue weighted by Gasteiger charge is 2.25. The van der Waals surface area contributed by atoms with Crippen molar-refractivity contribution < 1.29 is 4.79 Å². The van der Waals surface area contributed by atoms with E-state index in [0.29, 0.717) is 28.2 Å². The summed E-state index contributed by atoms with van der Waals surface area (Å²) in [6.45, 7) is 3.97. The number of nitrogens with zero attached hydrogens (tertiary/aromatic N) is 2. The molecule has 1 amide bonds. The Morgan fingerprint density at radius 2 is 2.32 bits per heavy atom. The molecule has 2 heterocycles. The van der Waals surface area contributed by atoms with Crippen LogP contribution in [0.2, 0.25) is 10.0 Å². The molecule has 2 aromatic rings. The van der Waals surface area contributed by atoms with E-state index in [-0.39, 0.29) is 5.91 Å². The SMILES string of the molecule is CC1CN(CC(=O)Nc2ccc(Cl)cc2Cl)Cc2cn[nH]c21. The molecule has 3 rings (SSSR count). The van der Waals surface area contributed by atoms with Crippen molar-refractivity contribution in [2.75, 3.05) is 18.4 Å². The number of amides is 1. The fourth-order valence-corrected chi connectivity index (χ4v) is 3.22. The lowest BCUT2D eigenvalue weighted by molar-refractivity contribution is -0.117. The molecule has 0 aliphatic carbocycles. The normalized spacial score (nSPS) is 18.0. The van der Waals surface area contributed by atoms with Crippen molar-refractivity contribution in [3.8, 4) is 0 Å². The highest BCUT2D eigenvalue weighted by Crippen LogP contribution is 2.27. The van der Waals surface area contributed by atoms with Gasteiger partial charge < -0.3 is 5.32 Å². The molecule has 5 nitrogen and oxygen atoms in total. The molecule has 116 valence electrons. The first-order valence-corrected chi connectivity index (χ1v) is 7.78. The van der Waals surface area contributed by atoms with Crippen LogP contribution < -0.4 is 5.32 Å². The van der Waals surface area contributed by atoms with Crippen LogP contribution in [0.3, 0.4) is 0 Å². The summed E-state index contributed by atoms with van der Waals surface area (Å²) >= 11 is 11.9. The Bertz CT molecular complexity index is 701. The smallest absolute Gasteiger partial charge is 0.238 e. The van der Waals surface area contributed by atoms with Gasteiger partial charge >= 0.3 is 0 Å². The van der Waals surface area contributed by atoms with Crippen LogP contribution in [-0.2, 0) is 11.3 Å². The predicted molar refractivity (Wildman–Crippen MR) is 87.4 cm³/mol. The Hall–Kier alpha value is -1.56. The topological polar surface area (TPSA) is 61.0 Å². The fraction of sp³-hybridized carbons (Fsp3) is 0.333. The van der Waals surface area contributed by atoms with Crippen molar-refractivity contribution >= 4 is 34.8 Å². The standard InChI is InChI=1S/C15H16Cl2N4O/c1-9-6-21(7-10-5-18-20-15(9)10)8-14(22)19-13-3-2-11(16)4-12(13)17/h2-5,9H,6-8H2,1H3,(H,18,20)(H,19,22). The summed E-state index contributed by atoms with van der Waals surface area (Å²) in [4.78, 5) is 14.3. The van der Waals surface area contributed by atoms with E-state index < -0.39 is 0 Å². The van der Waals surface area contributed by atoms with Gasteiger partial charge in [0.05, 0.1) is 23.5 Å². The number of carbonyl (C=O) groups is 1. The van der Waals surface area contributed by atoms with Gasteiger partial charge in [0, 0.05) is 35.3 Å². The summed E-state index contributed by atoms with van der Waals surface area (Å²) in [5.41, 5.74) is 2.89. The van der Waals surface area contributed by atoms with Gasteiger partial charge in [-0.05, 0) is 18.2 Å².